The first-order chi connectivity index (χ1) is 18.4. The normalized spacial score (nSPS) is 14.8. The van der Waals surface area contributed by atoms with Gasteiger partial charge < -0.3 is 18.8 Å². The minimum atomic E-state index is -0.650. The van der Waals surface area contributed by atoms with Crippen LogP contribution in [0.25, 0.3) is 11.0 Å². The minimum Gasteiger partial charge on any atom is -0.490 e. The minimum absolute atomic E-state index is 0.0791. The summed E-state index contributed by atoms with van der Waals surface area (Å²) in [6.07, 6.45) is 4.33. The summed E-state index contributed by atoms with van der Waals surface area (Å²) in [5.74, 6) is 1.49. The van der Waals surface area contributed by atoms with Crippen molar-refractivity contribution in [1.82, 2.24) is 9.88 Å². The van der Waals surface area contributed by atoms with E-state index in [1.165, 1.54) is 0 Å². The average Bonchev–Trinajstić information content (AvgIpc) is 3.17. The number of amides is 1. The molecule has 0 saturated carbocycles. The molecule has 1 atom stereocenters. The Labute approximate surface area is 222 Å². The van der Waals surface area contributed by atoms with Gasteiger partial charge in [0.2, 0.25) is 5.76 Å². The molecule has 0 N–H and O–H groups in total. The van der Waals surface area contributed by atoms with Crippen molar-refractivity contribution in [3.63, 3.8) is 0 Å². The van der Waals surface area contributed by atoms with Crippen molar-refractivity contribution in [2.75, 3.05) is 13.2 Å². The van der Waals surface area contributed by atoms with Gasteiger partial charge in [-0.1, -0.05) is 37.6 Å². The molecule has 1 aliphatic rings. The number of rotatable bonds is 9. The highest BCUT2D eigenvalue weighted by Crippen LogP contribution is 2.42. The van der Waals surface area contributed by atoms with Crippen LogP contribution in [0.1, 0.15) is 66.0 Å². The molecule has 1 amide bonds. The maximum atomic E-state index is 13.9. The lowest BCUT2D eigenvalue weighted by molar-refractivity contribution is 0.0714. The van der Waals surface area contributed by atoms with Crippen LogP contribution < -0.4 is 14.9 Å². The summed E-state index contributed by atoms with van der Waals surface area (Å²) in [6.45, 7) is 9.44. The van der Waals surface area contributed by atoms with E-state index in [1.54, 1.807) is 23.4 Å². The van der Waals surface area contributed by atoms with E-state index in [2.05, 4.69) is 18.8 Å². The van der Waals surface area contributed by atoms with E-state index >= 15 is 0 Å². The molecule has 2 aromatic heterocycles. The van der Waals surface area contributed by atoms with Crippen molar-refractivity contribution >= 4 is 16.9 Å². The van der Waals surface area contributed by atoms with Crippen molar-refractivity contribution < 1.29 is 18.7 Å². The molecule has 7 nitrogen and oxygen atoms in total. The van der Waals surface area contributed by atoms with Gasteiger partial charge in [-0.2, -0.15) is 0 Å². The number of ether oxygens (including phenoxy) is 2. The molecule has 196 valence electrons. The molecule has 7 heteroatoms. The smallest absolute Gasteiger partial charge is 0.291 e. The Balaban J connectivity index is 1.64. The zero-order valence-electron chi connectivity index (χ0n) is 22.2. The number of benzene rings is 2. The summed E-state index contributed by atoms with van der Waals surface area (Å²) in [7, 11) is 0. The monoisotopic (exact) mass is 512 g/mol. The molecule has 0 spiro atoms. The van der Waals surface area contributed by atoms with Gasteiger partial charge in [0, 0.05) is 18.9 Å². The number of aryl methyl sites for hydroxylation is 1. The largest absolute Gasteiger partial charge is 0.490 e. The summed E-state index contributed by atoms with van der Waals surface area (Å²) in [6, 6.07) is 14.1. The van der Waals surface area contributed by atoms with Crippen molar-refractivity contribution in [2.45, 2.75) is 46.7 Å². The molecule has 0 radical (unpaired) electrons. The van der Waals surface area contributed by atoms with Crippen LogP contribution in [-0.2, 0) is 6.54 Å². The van der Waals surface area contributed by atoms with E-state index in [9.17, 15) is 9.59 Å². The third kappa shape index (κ3) is 4.88. The van der Waals surface area contributed by atoms with Gasteiger partial charge in [-0.05, 0) is 67.6 Å². The Morgan fingerprint density at radius 2 is 1.89 bits per heavy atom. The predicted octanol–water partition coefficient (Wildman–Crippen LogP) is 6.07. The number of hydrogen-bond donors (Lipinski definition) is 0. The molecular formula is C31H32N2O5. The third-order valence-electron chi connectivity index (χ3n) is 6.73. The lowest BCUT2D eigenvalue weighted by atomic mass is 9.97. The number of hydrogen-bond acceptors (Lipinski definition) is 6. The standard InChI is InChI=1S/C31H32N2O5/c1-5-36-26-16-22(9-11-25(26)37-14-12-19(2)3)28-27-29(34)23-15-20(4)8-10-24(23)38-30(27)31(35)33(28)18-21-7-6-13-32-17-21/h6-11,13,15-17,19,28H,5,12,14,18H2,1-4H3/t28-/m1/s1. The van der Waals surface area contributed by atoms with Crippen LogP contribution in [0.4, 0.5) is 0 Å². The number of pyridine rings is 1. The second kappa shape index (κ2) is 10.7. The van der Waals surface area contributed by atoms with Crippen LogP contribution in [0.5, 0.6) is 11.5 Å². The zero-order valence-corrected chi connectivity index (χ0v) is 22.2. The SMILES string of the molecule is CCOc1cc([C@@H]2c3c(oc4ccc(C)cc4c3=O)C(=O)N2Cc2cccnc2)ccc1OCCC(C)C. The highest BCUT2D eigenvalue weighted by Gasteiger charge is 2.43. The van der Waals surface area contributed by atoms with E-state index in [0.29, 0.717) is 47.2 Å². The highest BCUT2D eigenvalue weighted by atomic mass is 16.5. The summed E-state index contributed by atoms with van der Waals surface area (Å²) in [4.78, 5) is 33.5. The Bertz CT molecular complexity index is 1530. The van der Waals surface area contributed by atoms with Crippen LogP contribution in [0.3, 0.4) is 0 Å². The first kappa shape index (κ1) is 25.5. The van der Waals surface area contributed by atoms with Crippen molar-refractivity contribution in [1.29, 1.82) is 0 Å². The first-order valence-corrected chi connectivity index (χ1v) is 13.0. The molecule has 0 bridgehead atoms. The van der Waals surface area contributed by atoms with Crippen LogP contribution in [0, 0.1) is 12.8 Å². The van der Waals surface area contributed by atoms with Crippen LogP contribution in [0.2, 0.25) is 0 Å². The lowest BCUT2D eigenvalue weighted by Gasteiger charge is -2.26. The highest BCUT2D eigenvalue weighted by molar-refractivity contribution is 5.99. The number of carbonyl (C=O) groups is 1. The van der Waals surface area contributed by atoms with Crippen molar-refractivity contribution in [3.8, 4) is 11.5 Å². The second-order valence-electron chi connectivity index (χ2n) is 10.0. The van der Waals surface area contributed by atoms with Crippen molar-refractivity contribution in [2.24, 2.45) is 5.92 Å². The maximum absolute atomic E-state index is 13.9. The Hall–Kier alpha value is -4.13. The molecule has 0 aliphatic carbocycles. The second-order valence-corrected chi connectivity index (χ2v) is 10.0. The molecule has 5 rings (SSSR count). The average molecular weight is 513 g/mol. The zero-order chi connectivity index (χ0) is 26.8. The molecule has 4 aromatic rings. The number of fused-ring (bicyclic) bond motifs is 2. The molecule has 0 fully saturated rings. The fourth-order valence-corrected chi connectivity index (χ4v) is 4.82. The Morgan fingerprint density at radius 3 is 2.63 bits per heavy atom. The summed E-state index contributed by atoms with van der Waals surface area (Å²) in [5.41, 5.74) is 3.09. The Morgan fingerprint density at radius 1 is 1.05 bits per heavy atom. The number of nitrogens with zero attached hydrogens (tertiary/aromatic N) is 2. The molecule has 1 aliphatic heterocycles. The van der Waals surface area contributed by atoms with Gasteiger partial charge in [0.1, 0.15) is 5.58 Å². The van der Waals surface area contributed by atoms with Gasteiger partial charge in [0.25, 0.3) is 5.91 Å². The fourth-order valence-electron chi connectivity index (χ4n) is 4.82. The van der Waals surface area contributed by atoms with Gasteiger partial charge in [0.05, 0.1) is 30.2 Å². The fraction of sp³-hybridized carbons (Fsp3) is 0.323. The molecule has 0 saturated heterocycles. The van der Waals surface area contributed by atoms with Gasteiger partial charge in [-0.15, -0.1) is 0 Å². The Kier molecular flexibility index (Phi) is 7.18. The number of carbonyl (C=O) groups excluding carboxylic acids is 1. The number of aromatic nitrogens is 1. The van der Waals surface area contributed by atoms with Crippen LogP contribution in [0.15, 0.2) is 70.1 Å². The third-order valence-corrected chi connectivity index (χ3v) is 6.73. The van der Waals surface area contributed by atoms with E-state index in [-0.39, 0.29) is 23.6 Å². The van der Waals surface area contributed by atoms with E-state index in [1.807, 2.05) is 56.3 Å². The molecule has 0 unspecified atom stereocenters. The van der Waals surface area contributed by atoms with Crippen molar-refractivity contribution in [3.05, 3.63) is 99.2 Å². The van der Waals surface area contributed by atoms with E-state index in [0.717, 1.165) is 23.1 Å². The summed E-state index contributed by atoms with van der Waals surface area (Å²) >= 11 is 0. The van der Waals surface area contributed by atoms with Gasteiger partial charge >= 0.3 is 0 Å². The first-order valence-electron chi connectivity index (χ1n) is 13.0. The van der Waals surface area contributed by atoms with Gasteiger partial charge in [-0.25, -0.2) is 0 Å². The molecular weight excluding hydrogens is 480 g/mol. The topological polar surface area (TPSA) is 81.9 Å². The molecule has 3 heterocycles. The maximum Gasteiger partial charge on any atom is 0.291 e. The van der Waals surface area contributed by atoms with E-state index in [4.69, 9.17) is 13.9 Å². The quantitative estimate of drug-likeness (QED) is 0.271. The predicted molar refractivity (Wildman–Crippen MR) is 146 cm³/mol. The summed E-state index contributed by atoms with van der Waals surface area (Å²) in [5, 5.41) is 0.462. The molecule has 38 heavy (non-hydrogen) atoms. The van der Waals surface area contributed by atoms with E-state index < -0.39 is 6.04 Å². The van der Waals surface area contributed by atoms with Crippen LogP contribution in [-0.4, -0.2) is 29.0 Å². The molecule has 2 aromatic carbocycles. The van der Waals surface area contributed by atoms with Crippen LogP contribution >= 0.6 is 0 Å². The summed E-state index contributed by atoms with van der Waals surface area (Å²) < 4.78 is 18.1. The van der Waals surface area contributed by atoms with Gasteiger partial charge in [0.15, 0.2) is 16.9 Å². The van der Waals surface area contributed by atoms with Gasteiger partial charge in [-0.3, -0.25) is 14.6 Å². The lowest BCUT2D eigenvalue weighted by Crippen LogP contribution is -2.29.